The Morgan fingerprint density at radius 3 is 3.27 bits per heavy atom. The van der Waals surface area contributed by atoms with Gasteiger partial charge in [-0.25, -0.2) is 0 Å². The molecule has 0 atom stereocenters. The van der Waals surface area contributed by atoms with Crippen molar-refractivity contribution in [3.63, 3.8) is 0 Å². The van der Waals surface area contributed by atoms with E-state index in [1.54, 1.807) is 4.88 Å². The van der Waals surface area contributed by atoms with E-state index in [2.05, 4.69) is 16.3 Å². The van der Waals surface area contributed by atoms with Crippen LogP contribution in [-0.4, -0.2) is 23.8 Å². The first-order valence-corrected chi connectivity index (χ1v) is 6.24. The lowest BCUT2D eigenvalue weighted by molar-refractivity contribution is 0.254. The Morgan fingerprint density at radius 2 is 2.47 bits per heavy atom. The number of thiophene rings is 1. The van der Waals surface area contributed by atoms with Crippen molar-refractivity contribution < 1.29 is 0 Å². The van der Waals surface area contributed by atoms with Gasteiger partial charge in [-0.15, -0.1) is 11.3 Å². The van der Waals surface area contributed by atoms with Gasteiger partial charge in [0.15, 0.2) is 0 Å². The molecule has 3 N–H and O–H groups in total. The summed E-state index contributed by atoms with van der Waals surface area (Å²) in [6, 6.07) is 2.23. The molecule has 1 aromatic rings. The molecule has 2 heterocycles. The first-order chi connectivity index (χ1) is 7.25. The maximum Gasteiger partial charge on any atom is 0.0905 e. The maximum absolute atomic E-state index is 7.16. The van der Waals surface area contributed by atoms with Crippen LogP contribution in [0.15, 0.2) is 11.4 Å². The minimum Gasteiger partial charge on any atom is -0.388 e. The fraction of sp³-hybridized carbons (Fsp3) is 0.545. The molecule has 0 aromatic carbocycles. The molecule has 0 aliphatic carbocycles. The van der Waals surface area contributed by atoms with Gasteiger partial charge in [0.05, 0.1) is 5.84 Å². The SMILES string of the molecule is N=C(N)CCCN1CCc2sccc2C1. The average molecular weight is 223 g/mol. The summed E-state index contributed by atoms with van der Waals surface area (Å²) in [5.74, 6) is 0.309. The molecule has 0 unspecified atom stereocenters. The summed E-state index contributed by atoms with van der Waals surface area (Å²) >= 11 is 1.88. The van der Waals surface area contributed by atoms with E-state index in [1.807, 2.05) is 11.3 Å². The number of nitrogens with one attached hydrogen (secondary N) is 1. The van der Waals surface area contributed by atoms with E-state index in [-0.39, 0.29) is 0 Å². The molecule has 15 heavy (non-hydrogen) atoms. The van der Waals surface area contributed by atoms with Crippen LogP contribution < -0.4 is 5.73 Å². The molecule has 0 fully saturated rings. The highest BCUT2D eigenvalue weighted by atomic mass is 32.1. The van der Waals surface area contributed by atoms with Crippen LogP contribution in [0.3, 0.4) is 0 Å². The molecule has 0 bridgehead atoms. The van der Waals surface area contributed by atoms with Crippen molar-refractivity contribution >= 4 is 17.2 Å². The van der Waals surface area contributed by atoms with Gasteiger partial charge in [0.2, 0.25) is 0 Å². The van der Waals surface area contributed by atoms with Gasteiger partial charge in [-0.3, -0.25) is 10.3 Å². The fourth-order valence-corrected chi connectivity index (χ4v) is 2.88. The van der Waals surface area contributed by atoms with Gasteiger partial charge in [0, 0.05) is 24.4 Å². The standard InChI is InChI=1S/C11H17N3S/c12-11(13)2-1-5-14-6-3-10-9(8-14)4-7-15-10/h4,7H,1-3,5-6,8H2,(H3,12,13). The highest BCUT2D eigenvalue weighted by Gasteiger charge is 2.16. The monoisotopic (exact) mass is 223 g/mol. The number of nitrogens with zero attached hydrogens (tertiary/aromatic N) is 1. The van der Waals surface area contributed by atoms with Crippen molar-refractivity contribution in [2.24, 2.45) is 5.73 Å². The number of amidine groups is 1. The molecule has 82 valence electrons. The third-order valence-electron chi connectivity index (χ3n) is 2.81. The highest BCUT2D eigenvalue weighted by Crippen LogP contribution is 2.23. The lowest BCUT2D eigenvalue weighted by Crippen LogP contribution is -2.31. The first kappa shape index (κ1) is 10.6. The van der Waals surface area contributed by atoms with E-state index in [0.717, 1.165) is 32.5 Å². The normalized spacial score (nSPS) is 16.3. The van der Waals surface area contributed by atoms with Crippen molar-refractivity contribution in [3.05, 3.63) is 21.9 Å². The second-order valence-electron chi connectivity index (χ2n) is 4.02. The summed E-state index contributed by atoms with van der Waals surface area (Å²) in [4.78, 5) is 4.01. The highest BCUT2D eigenvalue weighted by molar-refractivity contribution is 7.10. The Morgan fingerprint density at radius 1 is 1.60 bits per heavy atom. The molecular formula is C11H17N3S. The van der Waals surface area contributed by atoms with E-state index < -0.39 is 0 Å². The largest absolute Gasteiger partial charge is 0.388 e. The third-order valence-corrected chi connectivity index (χ3v) is 3.83. The van der Waals surface area contributed by atoms with E-state index in [4.69, 9.17) is 11.1 Å². The molecule has 0 spiro atoms. The summed E-state index contributed by atoms with van der Waals surface area (Å²) in [6.07, 6.45) is 2.93. The molecule has 0 saturated carbocycles. The van der Waals surface area contributed by atoms with Gasteiger partial charge < -0.3 is 5.73 Å². The number of hydrogen-bond donors (Lipinski definition) is 2. The smallest absolute Gasteiger partial charge is 0.0905 e. The molecule has 0 amide bonds. The molecule has 0 radical (unpaired) electrons. The second kappa shape index (κ2) is 4.77. The van der Waals surface area contributed by atoms with Crippen LogP contribution in [0.2, 0.25) is 0 Å². The summed E-state index contributed by atoms with van der Waals surface area (Å²) in [6.45, 7) is 3.30. The molecule has 0 saturated heterocycles. The van der Waals surface area contributed by atoms with Crippen molar-refractivity contribution in [2.45, 2.75) is 25.8 Å². The summed E-state index contributed by atoms with van der Waals surface area (Å²) in [5, 5.41) is 9.35. The molecule has 3 nitrogen and oxygen atoms in total. The number of nitrogens with two attached hydrogens (primary N) is 1. The zero-order chi connectivity index (χ0) is 10.7. The predicted molar refractivity (Wildman–Crippen MR) is 64.4 cm³/mol. The second-order valence-corrected chi connectivity index (χ2v) is 5.02. The van der Waals surface area contributed by atoms with Gasteiger partial charge in [0.1, 0.15) is 0 Å². The number of rotatable bonds is 4. The fourth-order valence-electron chi connectivity index (χ4n) is 1.99. The molecular weight excluding hydrogens is 206 g/mol. The van der Waals surface area contributed by atoms with Crippen LogP contribution in [0.1, 0.15) is 23.3 Å². The van der Waals surface area contributed by atoms with E-state index in [0.29, 0.717) is 5.84 Å². The van der Waals surface area contributed by atoms with Crippen LogP contribution in [0.4, 0.5) is 0 Å². The Kier molecular flexibility index (Phi) is 3.38. The van der Waals surface area contributed by atoms with E-state index in [9.17, 15) is 0 Å². The maximum atomic E-state index is 7.16. The zero-order valence-electron chi connectivity index (χ0n) is 8.83. The Labute approximate surface area is 94.4 Å². The molecule has 4 heteroatoms. The Bertz CT molecular complexity index is 345. The predicted octanol–water partition coefficient (Wildman–Crippen LogP) is 1.82. The number of hydrogen-bond acceptors (Lipinski definition) is 3. The molecule has 1 aliphatic heterocycles. The van der Waals surface area contributed by atoms with Gasteiger partial charge in [0.25, 0.3) is 0 Å². The molecule has 1 aliphatic rings. The minimum atomic E-state index is 0.309. The van der Waals surface area contributed by atoms with Crippen LogP contribution in [0.5, 0.6) is 0 Å². The summed E-state index contributed by atoms with van der Waals surface area (Å²) in [7, 11) is 0. The Balaban J connectivity index is 1.80. The quantitative estimate of drug-likeness (QED) is 0.604. The first-order valence-electron chi connectivity index (χ1n) is 5.36. The van der Waals surface area contributed by atoms with E-state index >= 15 is 0 Å². The van der Waals surface area contributed by atoms with E-state index in [1.165, 1.54) is 12.0 Å². The molecule has 2 rings (SSSR count). The van der Waals surface area contributed by atoms with Crippen LogP contribution in [-0.2, 0) is 13.0 Å². The van der Waals surface area contributed by atoms with Crippen LogP contribution >= 0.6 is 11.3 Å². The van der Waals surface area contributed by atoms with Gasteiger partial charge in [-0.2, -0.15) is 0 Å². The Hall–Kier alpha value is -0.870. The van der Waals surface area contributed by atoms with Gasteiger partial charge >= 0.3 is 0 Å². The van der Waals surface area contributed by atoms with Crippen molar-refractivity contribution in [1.29, 1.82) is 5.41 Å². The zero-order valence-corrected chi connectivity index (χ0v) is 9.65. The minimum absolute atomic E-state index is 0.309. The lowest BCUT2D eigenvalue weighted by atomic mass is 10.1. The van der Waals surface area contributed by atoms with Crippen molar-refractivity contribution in [1.82, 2.24) is 4.90 Å². The van der Waals surface area contributed by atoms with Gasteiger partial charge in [-0.1, -0.05) is 0 Å². The topological polar surface area (TPSA) is 53.1 Å². The van der Waals surface area contributed by atoms with Crippen molar-refractivity contribution in [3.8, 4) is 0 Å². The summed E-state index contributed by atoms with van der Waals surface area (Å²) < 4.78 is 0. The average Bonchev–Trinajstić information content (AvgIpc) is 2.64. The van der Waals surface area contributed by atoms with Crippen LogP contribution in [0.25, 0.3) is 0 Å². The number of fused-ring (bicyclic) bond motifs is 1. The van der Waals surface area contributed by atoms with Crippen molar-refractivity contribution in [2.75, 3.05) is 13.1 Å². The lowest BCUT2D eigenvalue weighted by Gasteiger charge is -2.26. The summed E-state index contributed by atoms with van der Waals surface area (Å²) in [5.41, 5.74) is 6.83. The van der Waals surface area contributed by atoms with Crippen LogP contribution in [0, 0.1) is 5.41 Å². The third kappa shape index (κ3) is 2.79. The molecule has 1 aromatic heterocycles. The van der Waals surface area contributed by atoms with Gasteiger partial charge in [-0.05, 0) is 36.4 Å².